The van der Waals surface area contributed by atoms with Gasteiger partial charge in [-0.3, -0.25) is 0 Å². The normalized spacial score (nSPS) is 11.1. The molecule has 1 aromatic heterocycles. The molecule has 0 radical (unpaired) electrons. The summed E-state index contributed by atoms with van der Waals surface area (Å²) in [6.07, 6.45) is 1.67. The van der Waals surface area contributed by atoms with Crippen LogP contribution in [0.15, 0.2) is 41.4 Å². The van der Waals surface area contributed by atoms with Gasteiger partial charge in [0, 0.05) is 6.20 Å². The number of nitrogen functional groups attached to an aromatic ring is 1. The highest BCUT2D eigenvalue weighted by Crippen LogP contribution is 2.22. The minimum Gasteiger partial charge on any atom is -0.397 e. The highest BCUT2D eigenvalue weighted by Gasteiger charge is 2.12. The van der Waals surface area contributed by atoms with Gasteiger partial charge < -0.3 is 10.3 Å². The highest BCUT2D eigenvalue weighted by molar-refractivity contribution is 7.89. The molecule has 0 aliphatic heterocycles. The average Bonchev–Trinajstić information content (AvgIpc) is 2.75. The number of aromatic nitrogens is 1. The second kappa shape index (κ2) is 4.18. The van der Waals surface area contributed by atoms with Crippen LogP contribution in [0.5, 0.6) is 0 Å². The maximum Gasteiger partial charge on any atom is 0.238 e. The van der Waals surface area contributed by atoms with E-state index in [0.717, 1.165) is 0 Å². The van der Waals surface area contributed by atoms with E-state index in [2.05, 4.69) is 0 Å². The van der Waals surface area contributed by atoms with Crippen LogP contribution in [0.4, 0.5) is 5.69 Å². The van der Waals surface area contributed by atoms with E-state index < -0.39 is 10.0 Å². The van der Waals surface area contributed by atoms with Gasteiger partial charge in [0.15, 0.2) is 0 Å². The molecule has 7 heteroatoms. The monoisotopic (exact) mass is 262 g/mol. The number of hydrogen-bond donors (Lipinski definition) is 2. The van der Waals surface area contributed by atoms with Crippen molar-refractivity contribution in [1.29, 1.82) is 5.26 Å². The molecule has 0 aliphatic rings. The lowest BCUT2D eigenvalue weighted by Crippen LogP contribution is -2.13. The van der Waals surface area contributed by atoms with E-state index in [0.29, 0.717) is 11.4 Å². The maximum atomic E-state index is 11.2. The Balaban J connectivity index is 2.60. The van der Waals surface area contributed by atoms with Crippen molar-refractivity contribution in [3.63, 3.8) is 0 Å². The molecule has 0 saturated carbocycles. The molecule has 2 aromatic rings. The van der Waals surface area contributed by atoms with Gasteiger partial charge in [0.2, 0.25) is 10.0 Å². The van der Waals surface area contributed by atoms with Crippen molar-refractivity contribution in [3.8, 4) is 11.8 Å². The fourth-order valence-electron chi connectivity index (χ4n) is 1.61. The van der Waals surface area contributed by atoms with Gasteiger partial charge in [-0.2, -0.15) is 5.26 Å². The van der Waals surface area contributed by atoms with E-state index in [1.807, 2.05) is 6.07 Å². The van der Waals surface area contributed by atoms with Crippen LogP contribution in [0.1, 0.15) is 5.69 Å². The summed E-state index contributed by atoms with van der Waals surface area (Å²) in [7, 11) is -3.78. The molecule has 1 heterocycles. The summed E-state index contributed by atoms with van der Waals surface area (Å²) < 4.78 is 23.9. The Morgan fingerprint density at radius 3 is 2.56 bits per heavy atom. The maximum absolute atomic E-state index is 11.2. The summed E-state index contributed by atoms with van der Waals surface area (Å²) in [4.78, 5) is -0.0607. The second-order valence-corrected chi connectivity index (χ2v) is 5.20. The highest BCUT2D eigenvalue weighted by atomic mass is 32.2. The zero-order valence-corrected chi connectivity index (χ0v) is 10.1. The SMILES string of the molecule is N#Cc1cccn1-c1ccc(S(N)(=O)=O)cc1N. The third kappa shape index (κ3) is 2.07. The number of nitriles is 1. The molecule has 18 heavy (non-hydrogen) atoms. The Morgan fingerprint density at radius 2 is 2.00 bits per heavy atom. The van der Waals surface area contributed by atoms with E-state index in [1.54, 1.807) is 22.9 Å². The number of nitrogens with two attached hydrogens (primary N) is 2. The summed E-state index contributed by atoms with van der Waals surface area (Å²) in [5.41, 5.74) is 6.95. The van der Waals surface area contributed by atoms with Crippen LogP contribution in [0.3, 0.4) is 0 Å². The number of primary sulfonamides is 1. The fraction of sp³-hybridized carbons (Fsp3) is 0. The minimum absolute atomic E-state index is 0.0607. The van der Waals surface area contributed by atoms with Crippen molar-refractivity contribution in [2.45, 2.75) is 4.90 Å². The molecule has 0 unspecified atom stereocenters. The van der Waals surface area contributed by atoms with Gasteiger partial charge in [0.05, 0.1) is 16.3 Å². The van der Waals surface area contributed by atoms with E-state index in [4.69, 9.17) is 16.1 Å². The van der Waals surface area contributed by atoms with E-state index in [9.17, 15) is 8.42 Å². The predicted molar refractivity (Wildman–Crippen MR) is 66.3 cm³/mol. The Bertz CT molecular complexity index is 741. The largest absolute Gasteiger partial charge is 0.397 e. The van der Waals surface area contributed by atoms with Gasteiger partial charge in [-0.25, -0.2) is 13.6 Å². The van der Waals surface area contributed by atoms with E-state index in [1.165, 1.54) is 18.2 Å². The molecule has 2 rings (SSSR count). The first kappa shape index (κ1) is 12.2. The smallest absolute Gasteiger partial charge is 0.238 e. The Labute approximate surface area is 104 Å². The summed E-state index contributed by atoms with van der Waals surface area (Å²) in [6.45, 7) is 0. The first-order valence-corrected chi connectivity index (χ1v) is 6.48. The van der Waals surface area contributed by atoms with Gasteiger partial charge in [0.1, 0.15) is 11.8 Å². The van der Waals surface area contributed by atoms with Gasteiger partial charge in [-0.15, -0.1) is 0 Å². The van der Waals surface area contributed by atoms with Crippen LogP contribution in [0, 0.1) is 11.3 Å². The van der Waals surface area contributed by atoms with Crippen molar-refractivity contribution in [2.24, 2.45) is 5.14 Å². The van der Waals surface area contributed by atoms with Gasteiger partial charge >= 0.3 is 0 Å². The minimum atomic E-state index is -3.78. The third-order valence-corrected chi connectivity index (χ3v) is 3.36. The Morgan fingerprint density at radius 1 is 1.28 bits per heavy atom. The average molecular weight is 262 g/mol. The predicted octanol–water partition coefficient (Wildman–Crippen LogP) is 0.579. The number of benzene rings is 1. The standard InChI is InChI=1S/C11H10N4O2S/c12-7-8-2-1-5-15(8)11-4-3-9(6-10(11)13)18(14,16)17/h1-6H,13H2,(H2,14,16,17). The molecular weight excluding hydrogens is 252 g/mol. The van der Waals surface area contributed by atoms with Crippen molar-refractivity contribution in [1.82, 2.24) is 4.57 Å². The van der Waals surface area contributed by atoms with Gasteiger partial charge in [0.25, 0.3) is 0 Å². The van der Waals surface area contributed by atoms with E-state index >= 15 is 0 Å². The van der Waals surface area contributed by atoms with Gasteiger partial charge in [-0.1, -0.05) is 0 Å². The summed E-state index contributed by atoms with van der Waals surface area (Å²) in [6, 6.07) is 9.47. The summed E-state index contributed by atoms with van der Waals surface area (Å²) in [5, 5.41) is 13.9. The molecule has 0 saturated heterocycles. The summed E-state index contributed by atoms with van der Waals surface area (Å²) in [5.74, 6) is 0. The molecule has 4 N–H and O–H groups in total. The number of anilines is 1. The van der Waals surface area contributed by atoms with Crippen molar-refractivity contribution in [3.05, 3.63) is 42.2 Å². The molecule has 92 valence electrons. The molecule has 0 aliphatic carbocycles. The summed E-state index contributed by atoms with van der Waals surface area (Å²) >= 11 is 0. The Kier molecular flexibility index (Phi) is 2.82. The van der Waals surface area contributed by atoms with Crippen LogP contribution in [0.2, 0.25) is 0 Å². The first-order valence-electron chi connectivity index (χ1n) is 4.93. The van der Waals surface area contributed by atoms with Crippen LogP contribution >= 0.6 is 0 Å². The lowest BCUT2D eigenvalue weighted by molar-refractivity contribution is 0.598. The number of nitrogens with zero attached hydrogens (tertiary/aromatic N) is 2. The molecule has 1 aromatic carbocycles. The molecule has 0 fully saturated rings. The lowest BCUT2D eigenvalue weighted by Gasteiger charge is -2.09. The number of hydrogen-bond acceptors (Lipinski definition) is 4. The van der Waals surface area contributed by atoms with Crippen LogP contribution in [-0.2, 0) is 10.0 Å². The van der Waals surface area contributed by atoms with Gasteiger partial charge in [-0.05, 0) is 30.3 Å². The Hall–Kier alpha value is -2.30. The van der Waals surface area contributed by atoms with Crippen LogP contribution in [0.25, 0.3) is 5.69 Å². The van der Waals surface area contributed by atoms with Crippen molar-refractivity contribution >= 4 is 15.7 Å². The van der Waals surface area contributed by atoms with E-state index in [-0.39, 0.29) is 10.6 Å². The van der Waals surface area contributed by atoms with Crippen molar-refractivity contribution < 1.29 is 8.42 Å². The zero-order valence-electron chi connectivity index (χ0n) is 9.24. The van der Waals surface area contributed by atoms with Crippen molar-refractivity contribution in [2.75, 3.05) is 5.73 Å². The number of rotatable bonds is 2. The molecule has 0 atom stereocenters. The number of sulfonamides is 1. The quantitative estimate of drug-likeness (QED) is 0.770. The zero-order chi connectivity index (χ0) is 13.3. The van der Waals surface area contributed by atoms with Crippen LogP contribution < -0.4 is 10.9 Å². The van der Waals surface area contributed by atoms with Crippen LogP contribution in [-0.4, -0.2) is 13.0 Å². The lowest BCUT2D eigenvalue weighted by atomic mass is 10.2. The topological polar surface area (TPSA) is 115 Å². The molecule has 0 spiro atoms. The second-order valence-electron chi connectivity index (χ2n) is 3.64. The first-order chi connectivity index (χ1) is 8.43. The molecule has 0 bridgehead atoms. The fourth-order valence-corrected chi connectivity index (χ4v) is 2.16. The molecule has 0 amide bonds. The molecule has 6 nitrogen and oxygen atoms in total. The molecular formula is C11H10N4O2S. The third-order valence-electron chi connectivity index (χ3n) is 2.45.